The second-order valence-electron chi connectivity index (χ2n) is 4.74. The van der Waals surface area contributed by atoms with Crippen molar-refractivity contribution < 1.29 is 0 Å². The van der Waals surface area contributed by atoms with Gasteiger partial charge in [-0.05, 0) is 30.9 Å². The Kier molecular flexibility index (Phi) is 6.62. The molecule has 2 unspecified atom stereocenters. The molecule has 0 spiro atoms. The van der Waals surface area contributed by atoms with Gasteiger partial charge in [-0.2, -0.15) is 0 Å². The van der Waals surface area contributed by atoms with E-state index in [1.54, 1.807) is 12.1 Å². The van der Waals surface area contributed by atoms with Gasteiger partial charge >= 0.3 is 0 Å². The number of nitrogens with one attached hydrogen (secondary N) is 1. The molecule has 1 N–H and O–H groups in total. The van der Waals surface area contributed by atoms with Gasteiger partial charge in [-0.15, -0.1) is 0 Å². The summed E-state index contributed by atoms with van der Waals surface area (Å²) in [7, 11) is 0. The Morgan fingerprint density at radius 2 is 1.61 bits per heavy atom. The van der Waals surface area contributed by atoms with Crippen molar-refractivity contribution in [1.29, 1.82) is 0 Å². The second-order valence-corrected chi connectivity index (χ2v) is 5.99. The van der Waals surface area contributed by atoms with Gasteiger partial charge in [0.25, 0.3) is 0 Å². The largest absolute Gasteiger partial charge is 0.380 e. The lowest BCUT2D eigenvalue weighted by Gasteiger charge is -2.23. The van der Waals surface area contributed by atoms with Gasteiger partial charge in [-0.1, -0.05) is 62.0 Å². The van der Waals surface area contributed by atoms with E-state index >= 15 is 0 Å². The van der Waals surface area contributed by atoms with E-state index in [1.807, 2.05) is 0 Å². The molecule has 1 aromatic rings. The third kappa shape index (κ3) is 4.53. The van der Waals surface area contributed by atoms with Gasteiger partial charge in [0.15, 0.2) is 0 Å². The summed E-state index contributed by atoms with van der Waals surface area (Å²) in [5, 5.41) is 5.15. The van der Waals surface area contributed by atoms with Crippen LogP contribution in [0.4, 0.5) is 5.69 Å². The maximum Gasteiger partial charge on any atom is 0.0722 e. The fraction of sp³-hybridized carbons (Fsp3) is 0.571. The molecule has 1 aromatic carbocycles. The molecule has 0 bridgehead atoms. The van der Waals surface area contributed by atoms with Gasteiger partial charge in [-0.3, -0.25) is 0 Å². The van der Waals surface area contributed by atoms with E-state index in [0.29, 0.717) is 27.0 Å². The van der Waals surface area contributed by atoms with Crippen molar-refractivity contribution in [2.75, 3.05) is 5.32 Å². The van der Waals surface area contributed by atoms with E-state index in [4.69, 9.17) is 34.8 Å². The summed E-state index contributed by atoms with van der Waals surface area (Å²) < 4.78 is 0. The quantitative estimate of drug-likeness (QED) is 0.652. The zero-order valence-corrected chi connectivity index (χ0v) is 13.3. The average Bonchev–Trinajstić information content (AvgIpc) is 2.31. The number of hydrogen-bond donors (Lipinski definition) is 1. The number of benzene rings is 1. The Balaban J connectivity index is 2.82. The van der Waals surface area contributed by atoms with Gasteiger partial charge in [0.05, 0.1) is 15.7 Å². The van der Waals surface area contributed by atoms with Crippen molar-refractivity contribution in [2.45, 2.75) is 46.1 Å². The van der Waals surface area contributed by atoms with E-state index in [2.05, 4.69) is 26.1 Å². The Morgan fingerprint density at radius 1 is 1.06 bits per heavy atom. The molecule has 4 heteroatoms. The van der Waals surface area contributed by atoms with Crippen molar-refractivity contribution in [3.05, 3.63) is 27.2 Å². The van der Waals surface area contributed by atoms with Crippen LogP contribution in [0.3, 0.4) is 0 Å². The van der Waals surface area contributed by atoms with Crippen LogP contribution in [0.5, 0.6) is 0 Å². The van der Waals surface area contributed by atoms with Crippen LogP contribution < -0.4 is 5.32 Å². The van der Waals surface area contributed by atoms with Gasteiger partial charge in [0, 0.05) is 11.1 Å². The number of halogens is 3. The SMILES string of the molecule is CCC(C)CC(CC)Nc1c(Cl)cc(Cl)cc1Cl. The maximum absolute atomic E-state index is 6.17. The molecule has 18 heavy (non-hydrogen) atoms. The van der Waals surface area contributed by atoms with Gasteiger partial charge in [0.1, 0.15) is 0 Å². The smallest absolute Gasteiger partial charge is 0.0722 e. The van der Waals surface area contributed by atoms with Crippen LogP contribution in [0.15, 0.2) is 12.1 Å². The Hall–Kier alpha value is -0.110. The van der Waals surface area contributed by atoms with Crippen LogP contribution in [-0.2, 0) is 0 Å². The summed E-state index contributed by atoms with van der Waals surface area (Å²) in [4.78, 5) is 0. The molecule has 0 fully saturated rings. The highest BCUT2D eigenvalue weighted by Crippen LogP contribution is 2.34. The Bertz CT molecular complexity index is 370. The molecular weight excluding hydrogens is 289 g/mol. The molecule has 0 aliphatic carbocycles. The first-order valence-corrected chi connectivity index (χ1v) is 7.52. The zero-order chi connectivity index (χ0) is 13.7. The number of hydrogen-bond acceptors (Lipinski definition) is 1. The predicted molar refractivity (Wildman–Crippen MR) is 83.2 cm³/mol. The third-order valence-electron chi connectivity index (χ3n) is 3.23. The van der Waals surface area contributed by atoms with Crippen molar-refractivity contribution in [2.24, 2.45) is 5.92 Å². The van der Waals surface area contributed by atoms with Gasteiger partial charge in [-0.25, -0.2) is 0 Å². The molecule has 0 radical (unpaired) electrons. The van der Waals surface area contributed by atoms with Crippen LogP contribution in [0.2, 0.25) is 15.1 Å². The van der Waals surface area contributed by atoms with Crippen LogP contribution in [0, 0.1) is 5.92 Å². The lowest BCUT2D eigenvalue weighted by molar-refractivity contribution is 0.462. The van der Waals surface area contributed by atoms with E-state index < -0.39 is 0 Å². The first-order chi connectivity index (χ1) is 8.47. The normalized spacial score (nSPS) is 14.3. The van der Waals surface area contributed by atoms with Crippen LogP contribution in [0.25, 0.3) is 0 Å². The van der Waals surface area contributed by atoms with E-state index in [9.17, 15) is 0 Å². The minimum atomic E-state index is 0.385. The molecule has 0 saturated carbocycles. The van der Waals surface area contributed by atoms with Gasteiger partial charge in [0.2, 0.25) is 0 Å². The third-order valence-corrected chi connectivity index (χ3v) is 4.05. The summed E-state index contributed by atoms with van der Waals surface area (Å²) in [6.07, 6.45) is 3.34. The number of anilines is 1. The zero-order valence-electron chi connectivity index (χ0n) is 11.1. The molecule has 0 saturated heterocycles. The molecule has 2 atom stereocenters. The molecule has 0 aliphatic heterocycles. The fourth-order valence-corrected chi connectivity index (χ4v) is 2.79. The summed E-state index contributed by atoms with van der Waals surface area (Å²) in [5.41, 5.74) is 0.790. The van der Waals surface area contributed by atoms with E-state index in [1.165, 1.54) is 6.42 Å². The van der Waals surface area contributed by atoms with E-state index in [-0.39, 0.29) is 0 Å². The van der Waals surface area contributed by atoms with Crippen LogP contribution in [-0.4, -0.2) is 6.04 Å². The van der Waals surface area contributed by atoms with Crippen molar-refractivity contribution in [3.63, 3.8) is 0 Å². The highest BCUT2D eigenvalue weighted by Gasteiger charge is 2.14. The topological polar surface area (TPSA) is 12.0 Å². The van der Waals surface area contributed by atoms with Crippen LogP contribution in [0.1, 0.15) is 40.0 Å². The second kappa shape index (κ2) is 7.47. The Labute approximate surface area is 125 Å². The predicted octanol–water partition coefficient (Wildman–Crippen LogP) is 6.27. The standard InChI is InChI=1S/C14H20Cl3N/c1-4-9(3)6-11(5-2)18-14-12(16)7-10(15)8-13(14)17/h7-9,11,18H,4-6H2,1-3H3. The molecule has 0 amide bonds. The van der Waals surface area contributed by atoms with Crippen molar-refractivity contribution >= 4 is 40.5 Å². The average molecular weight is 309 g/mol. The molecule has 0 aromatic heterocycles. The van der Waals surface area contributed by atoms with Crippen molar-refractivity contribution in [1.82, 2.24) is 0 Å². The molecule has 1 rings (SSSR count). The summed E-state index contributed by atoms with van der Waals surface area (Å²) >= 11 is 18.3. The lowest BCUT2D eigenvalue weighted by Crippen LogP contribution is -2.21. The highest BCUT2D eigenvalue weighted by atomic mass is 35.5. The van der Waals surface area contributed by atoms with Crippen molar-refractivity contribution in [3.8, 4) is 0 Å². The highest BCUT2D eigenvalue weighted by molar-refractivity contribution is 6.41. The first kappa shape index (κ1) is 15.9. The molecule has 0 heterocycles. The fourth-order valence-electron chi connectivity index (χ4n) is 1.86. The lowest BCUT2D eigenvalue weighted by atomic mass is 9.97. The molecule has 0 aliphatic rings. The minimum Gasteiger partial charge on any atom is -0.380 e. The monoisotopic (exact) mass is 307 g/mol. The summed E-state index contributed by atoms with van der Waals surface area (Å²) in [5.74, 6) is 0.687. The summed E-state index contributed by atoms with van der Waals surface area (Å²) in [6.45, 7) is 6.63. The summed E-state index contributed by atoms with van der Waals surface area (Å²) in [6, 6.07) is 3.82. The maximum atomic E-state index is 6.17. The van der Waals surface area contributed by atoms with Crippen LogP contribution >= 0.6 is 34.8 Å². The number of rotatable bonds is 6. The van der Waals surface area contributed by atoms with Gasteiger partial charge < -0.3 is 5.32 Å². The minimum absolute atomic E-state index is 0.385. The molecule has 102 valence electrons. The Morgan fingerprint density at radius 3 is 2.06 bits per heavy atom. The molecule has 1 nitrogen and oxygen atoms in total. The first-order valence-electron chi connectivity index (χ1n) is 6.38. The molecular formula is C14H20Cl3N. The van der Waals surface area contributed by atoms with E-state index in [0.717, 1.165) is 18.5 Å².